The number of pyridine rings is 1. The Bertz CT molecular complexity index is 148. The molecule has 0 aliphatic carbocycles. The number of rotatable bonds is 1. The molecule has 0 spiro atoms. The molecular weight excluding hydrogens is 100 g/mol. The van der Waals surface area contributed by atoms with Crippen LogP contribution in [0.25, 0.3) is 0 Å². The zero-order valence-electron chi connectivity index (χ0n) is 4.46. The SMILES string of the molecule is [NH]Cc1cccnc1. The van der Waals surface area contributed by atoms with Gasteiger partial charge in [-0.3, -0.25) is 10.7 Å². The summed E-state index contributed by atoms with van der Waals surface area (Å²) in [4.78, 5) is 3.84. The largest absolute Gasteiger partial charge is 0.264 e. The van der Waals surface area contributed by atoms with Crippen LogP contribution in [0.15, 0.2) is 24.5 Å². The van der Waals surface area contributed by atoms with Crippen LogP contribution in [0.5, 0.6) is 0 Å². The maximum Gasteiger partial charge on any atom is 0.0366 e. The molecule has 41 valence electrons. The van der Waals surface area contributed by atoms with Crippen LogP contribution in [-0.2, 0) is 6.54 Å². The van der Waals surface area contributed by atoms with Gasteiger partial charge >= 0.3 is 0 Å². The predicted molar refractivity (Wildman–Crippen MR) is 31.0 cm³/mol. The zero-order chi connectivity index (χ0) is 5.82. The highest BCUT2D eigenvalue weighted by Gasteiger charge is 1.81. The van der Waals surface area contributed by atoms with Crippen molar-refractivity contribution in [1.29, 1.82) is 0 Å². The summed E-state index contributed by atoms with van der Waals surface area (Å²) < 4.78 is 0. The smallest absolute Gasteiger partial charge is 0.0366 e. The van der Waals surface area contributed by atoms with Crippen molar-refractivity contribution in [2.45, 2.75) is 6.54 Å². The second-order valence-electron chi connectivity index (χ2n) is 1.54. The Kier molecular flexibility index (Phi) is 1.59. The Labute approximate surface area is 48.4 Å². The third-order valence-corrected chi connectivity index (χ3v) is 0.927. The molecule has 8 heavy (non-hydrogen) atoms. The van der Waals surface area contributed by atoms with Crippen molar-refractivity contribution in [2.24, 2.45) is 0 Å². The minimum atomic E-state index is 0.327. The molecule has 0 atom stereocenters. The fourth-order valence-electron chi connectivity index (χ4n) is 0.503. The van der Waals surface area contributed by atoms with E-state index in [1.54, 1.807) is 12.4 Å². The maximum atomic E-state index is 6.90. The quantitative estimate of drug-likeness (QED) is 0.524. The molecule has 0 aromatic carbocycles. The van der Waals surface area contributed by atoms with E-state index in [9.17, 15) is 0 Å². The first kappa shape index (κ1) is 5.25. The van der Waals surface area contributed by atoms with E-state index < -0.39 is 0 Å². The van der Waals surface area contributed by atoms with Crippen LogP contribution in [0, 0.1) is 0 Å². The lowest BCUT2D eigenvalue weighted by Gasteiger charge is -1.88. The van der Waals surface area contributed by atoms with E-state index in [1.165, 1.54) is 0 Å². The van der Waals surface area contributed by atoms with Gasteiger partial charge in [0, 0.05) is 18.9 Å². The molecule has 0 unspecified atom stereocenters. The van der Waals surface area contributed by atoms with Crippen molar-refractivity contribution >= 4 is 0 Å². The van der Waals surface area contributed by atoms with Gasteiger partial charge in [-0.25, -0.2) is 0 Å². The highest BCUT2D eigenvalue weighted by atomic mass is 14.6. The first-order chi connectivity index (χ1) is 3.93. The monoisotopic (exact) mass is 107 g/mol. The second-order valence-corrected chi connectivity index (χ2v) is 1.54. The summed E-state index contributed by atoms with van der Waals surface area (Å²) in [6, 6.07) is 3.73. The van der Waals surface area contributed by atoms with Gasteiger partial charge in [0.25, 0.3) is 0 Å². The molecule has 1 radical (unpaired) electrons. The Balaban J connectivity index is 2.83. The highest BCUT2D eigenvalue weighted by molar-refractivity contribution is 5.06. The Hall–Kier alpha value is -0.890. The fraction of sp³-hybridized carbons (Fsp3) is 0.167. The van der Waals surface area contributed by atoms with E-state index >= 15 is 0 Å². The standard InChI is InChI=1S/C6H7N2/c7-4-6-2-1-3-8-5-6/h1-3,5,7H,4H2. The zero-order valence-corrected chi connectivity index (χ0v) is 4.46. The van der Waals surface area contributed by atoms with Gasteiger partial charge in [0.05, 0.1) is 0 Å². The van der Waals surface area contributed by atoms with E-state index in [2.05, 4.69) is 4.98 Å². The minimum absolute atomic E-state index is 0.327. The van der Waals surface area contributed by atoms with Gasteiger partial charge in [-0.1, -0.05) is 6.07 Å². The third kappa shape index (κ3) is 1.04. The topological polar surface area (TPSA) is 36.7 Å². The van der Waals surface area contributed by atoms with Crippen molar-refractivity contribution in [3.8, 4) is 0 Å². The maximum absolute atomic E-state index is 6.90. The van der Waals surface area contributed by atoms with Crippen molar-refractivity contribution in [1.82, 2.24) is 10.7 Å². The lowest BCUT2D eigenvalue weighted by Crippen LogP contribution is -1.83. The van der Waals surface area contributed by atoms with Gasteiger partial charge in [0.15, 0.2) is 0 Å². The van der Waals surface area contributed by atoms with Crippen molar-refractivity contribution in [3.05, 3.63) is 30.1 Å². The Morgan fingerprint density at radius 1 is 1.62 bits per heavy atom. The van der Waals surface area contributed by atoms with Gasteiger partial charge in [0.2, 0.25) is 0 Å². The van der Waals surface area contributed by atoms with Crippen LogP contribution in [0.2, 0.25) is 0 Å². The van der Waals surface area contributed by atoms with Gasteiger partial charge in [-0.2, -0.15) is 0 Å². The van der Waals surface area contributed by atoms with Crippen LogP contribution in [0.3, 0.4) is 0 Å². The van der Waals surface area contributed by atoms with Crippen LogP contribution in [-0.4, -0.2) is 4.98 Å². The van der Waals surface area contributed by atoms with Crippen LogP contribution in [0.1, 0.15) is 5.56 Å². The van der Waals surface area contributed by atoms with Crippen molar-refractivity contribution in [2.75, 3.05) is 0 Å². The molecule has 0 saturated carbocycles. The fourth-order valence-corrected chi connectivity index (χ4v) is 0.503. The summed E-state index contributed by atoms with van der Waals surface area (Å²) in [6.45, 7) is 0.327. The van der Waals surface area contributed by atoms with Crippen LogP contribution in [0.4, 0.5) is 0 Å². The summed E-state index contributed by atoms with van der Waals surface area (Å²) >= 11 is 0. The molecular formula is C6H7N2. The van der Waals surface area contributed by atoms with E-state index in [1.807, 2.05) is 12.1 Å². The first-order valence-electron chi connectivity index (χ1n) is 2.47. The normalized spacial score (nSPS) is 9.12. The summed E-state index contributed by atoms with van der Waals surface area (Å²) in [6.07, 6.45) is 3.41. The molecule has 1 N–H and O–H groups in total. The molecule has 0 saturated heterocycles. The molecule has 2 heteroatoms. The molecule has 1 rings (SSSR count). The van der Waals surface area contributed by atoms with Gasteiger partial charge in [0.1, 0.15) is 0 Å². The predicted octanol–water partition coefficient (Wildman–Crippen LogP) is 0.864. The molecule has 1 aromatic heterocycles. The average Bonchev–Trinajstić information content (AvgIpc) is 1.90. The van der Waals surface area contributed by atoms with E-state index in [-0.39, 0.29) is 0 Å². The van der Waals surface area contributed by atoms with Crippen molar-refractivity contribution < 1.29 is 0 Å². The number of nitrogens with zero attached hydrogens (tertiary/aromatic N) is 1. The van der Waals surface area contributed by atoms with E-state index in [0.29, 0.717) is 6.54 Å². The van der Waals surface area contributed by atoms with Gasteiger partial charge in [-0.05, 0) is 11.6 Å². The molecule has 1 aromatic rings. The lowest BCUT2D eigenvalue weighted by molar-refractivity contribution is 1.01. The van der Waals surface area contributed by atoms with Crippen LogP contribution >= 0.6 is 0 Å². The molecule has 0 bridgehead atoms. The third-order valence-electron chi connectivity index (χ3n) is 0.927. The Morgan fingerprint density at radius 2 is 2.50 bits per heavy atom. The molecule has 0 amide bonds. The minimum Gasteiger partial charge on any atom is -0.264 e. The van der Waals surface area contributed by atoms with Gasteiger partial charge < -0.3 is 0 Å². The summed E-state index contributed by atoms with van der Waals surface area (Å²) in [7, 11) is 0. The van der Waals surface area contributed by atoms with E-state index in [0.717, 1.165) is 5.56 Å². The summed E-state index contributed by atoms with van der Waals surface area (Å²) in [5.41, 5.74) is 7.87. The average molecular weight is 107 g/mol. The second kappa shape index (κ2) is 2.43. The van der Waals surface area contributed by atoms with Gasteiger partial charge in [-0.15, -0.1) is 0 Å². The Morgan fingerprint density at radius 3 is 2.88 bits per heavy atom. The molecule has 0 aliphatic rings. The summed E-state index contributed by atoms with van der Waals surface area (Å²) in [5.74, 6) is 0. The van der Waals surface area contributed by atoms with E-state index in [4.69, 9.17) is 5.73 Å². The first-order valence-corrected chi connectivity index (χ1v) is 2.47. The molecule has 0 fully saturated rings. The summed E-state index contributed by atoms with van der Waals surface area (Å²) in [5, 5.41) is 0. The molecule has 0 aliphatic heterocycles. The number of hydrogen-bond donors (Lipinski definition) is 0. The highest BCUT2D eigenvalue weighted by Crippen LogP contribution is 1.91. The molecule has 2 nitrogen and oxygen atoms in total. The number of hydrogen-bond acceptors (Lipinski definition) is 1. The number of aromatic nitrogens is 1. The molecule has 1 heterocycles. The van der Waals surface area contributed by atoms with Crippen LogP contribution < -0.4 is 5.73 Å². The lowest BCUT2D eigenvalue weighted by atomic mass is 10.3. The number of nitrogens with one attached hydrogen (secondary N) is 1. The van der Waals surface area contributed by atoms with Crippen molar-refractivity contribution in [3.63, 3.8) is 0 Å².